The van der Waals surface area contributed by atoms with E-state index in [-0.39, 0.29) is 6.04 Å². The predicted molar refractivity (Wildman–Crippen MR) is 100 cm³/mol. The van der Waals surface area contributed by atoms with Crippen LogP contribution in [-0.2, 0) is 6.42 Å². The van der Waals surface area contributed by atoms with Gasteiger partial charge in [0, 0.05) is 6.54 Å². The summed E-state index contributed by atoms with van der Waals surface area (Å²) in [6.45, 7) is 5.33. The summed E-state index contributed by atoms with van der Waals surface area (Å²) >= 11 is 0. The second-order valence-electron chi connectivity index (χ2n) is 6.70. The molecule has 1 aliphatic rings. The first kappa shape index (κ1) is 17.6. The summed E-state index contributed by atoms with van der Waals surface area (Å²) in [6.07, 6.45) is 0.985. The number of hydrogen-bond donors (Lipinski definition) is 1. The fraction of sp³-hybridized carbons (Fsp3) is 0.429. The summed E-state index contributed by atoms with van der Waals surface area (Å²) in [5, 5.41) is 3.65. The summed E-state index contributed by atoms with van der Waals surface area (Å²) in [5.74, 6) is 2.91. The number of hydrogen-bond acceptors (Lipinski definition) is 4. The number of nitrogens with one attached hydrogen (secondary N) is 1. The van der Waals surface area contributed by atoms with Gasteiger partial charge in [0.15, 0.2) is 11.5 Å². The van der Waals surface area contributed by atoms with Crippen molar-refractivity contribution in [1.29, 1.82) is 0 Å². The summed E-state index contributed by atoms with van der Waals surface area (Å²) in [6, 6.07) is 10.8. The molecule has 0 aromatic heterocycles. The lowest BCUT2D eigenvalue weighted by Crippen LogP contribution is -2.30. The number of ether oxygens (including phenoxy) is 3. The van der Waals surface area contributed by atoms with E-state index in [9.17, 15) is 0 Å². The van der Waals surface area contributed by atoms with Crippen LogP contribution in [0.3, 0.4) is 0 Å². The average Bonchev–Trinajstić information content (AvgIpc) is 2.65. The van der Waals surface area contributed by atoms with Gasteiger partial charge in [0.05, 0.1) is 27.4 Å². The fourth-order valence-electron chi connectivity index (χ4n) is 3.56. The van der Waals surface area contributed by atoms with E-state index in [2.05, 4.69) is 49.5 Å². The Morgan fingerprint density at radius 2 is 1.60 bits per heavy atom. The zero-order chi connectivity index (χ0) is 18.0. The van der Waals surface area contributed by atoms with Crippen molar-refractivity contribution in [2.24, 2.45) is 0 Å². The molecule has 1 aliphatic heterocycles. The number of fused-ring (bicyclic) bond motifs is 1. The Morgan fingerprint density at radius 3 is 2.24 bits per heavy atom. The van der Waals surface area contributed by atoms with E-state index in [0.717, 1.165) is 30.2 Å². The van der Waals surface area contributed by atoms with Gasteiger partial charge in [0.2, 0.25) is 0 Å². The third kappa shape index (κ3) is 3.31. The average molecular weight is 341 g/mol. The number of methoxy groups -OCH3 is 3. The van der Waals surface area contributed by atoms with Gasteiger partial charge in [-0.15, -0.1) is 0 Å². The topological polar surface area (TPSA) is 39.7 Å². The second kappa shape index (κ2) is 7.36. The first-order valence-electron chi connectivity index (χ1n) is 8.75. The van der Waals surface area contributed by atoms with Crippen LogP contribution >= 0.6 is 0 Å². The van der Waals surface area contributed by atoms with Crippen LogP contribution in [0.4, 0.5) is 0 Å². The molecule has 134 valence electrons. The first-order chi connectivity index (χ1) is 12.1. The minimum absolute atomic E-state index is 0.145. The minimum atomic E-state index is 0.145. The van der Waals surface area contributed by atoms with E-state index in [0.29, 0.717) is 5.92 Å². The number of rotatable bonds is 5. The lowest BCUT2D eigenvalue weighted by Gasteiger charge is -2.29. The Labute approximate surface area is 150 Å². The van der Waals surface area contributed by atoms with E-state index in [1.54, 1.807) is 21.3 Å². The largest absolute Gasteiger partial charge is 0.496 e. The van der Waals surface area contributed by atoms with Gasteiger partial charge in [-0.3, -0.25) is 0 Å². The van der Waals surface area contributed by atoms with Gasteiger partial charge < -0.3 is 19.5 Å². The molecule has 0 aliphatic carbocycles. The van der Waals surface area contributed by atoms with Crippen LogP contribution in [0.15, 0.2) is 30.3 Å². The van der Waals surface area contributed by atoms with Crippen molar-refractivity contribution in [2.45, 2.75) is 32.2 Å². The van der Waals surface area contributed by atoms with Crippen molar-refractivity contribution >= 4 is 0 Å². The van der Waals surface area contributed by atoms with Gasteiger partial charge in [0.1, 0.15) is 5.75 Å². The van der Waals surface area contributed by atoms with E-state index in [4.69, 9.17) is 14.2 Å². The second-order valence-corrected chi connectivity index (χ2v) is 6.70. The summed E-state index contributed by atoms with van der Waals surface area (Å²) < 4.78 is 16.5. The highest BCUT2D eigenvalue weighted by Crippen LogP contribution is 2.39. The monoisotopic (exact) mass is 341 g/mol. The molecule has 0 spiro atoms. The molecule has 0 saturated heterocycles. The molecular weight excluding hydrogens is 314 g/mol. The van der Waals surface area contributed by atoms with Crippen LogP contribution in [-0.4, -0.2) is 27.9 Å². The molecule has 4 nitrogen and oxygen atoms in total. The van der Waals surface area contributed by atoms with Crippen LogP contribution < -0.4 is 19.5 Å². The van der Waals surface area contributed by atoms with E-state index >= 15 is 0 Å². The molecule has 1 atom stereocenters. The maximum absolute atomic E-state index is 5.53. The number of benzene rings is 2. The molecule has 1 heterocycles. The van der Waals surface area contributed by atoms with Gasteiger partial charge in [-0.25, -0.2) is 0 Å². The van der Waals surface area contributed by atoms with Gasteiger partial charge in [-0.2, -0.15) is 0 Å². The zero-order valence-corrected chi connectivity index (χ0v) is 15.7. The fourth-order valence-corrected chi connectivity index (χ4v) is 3.56. The molecule has 0 saturated carbocycles. The highest BCUT2D eigenvalue weighted by atomic mass is 16.5. The Hall–Kier alpha value is -2.20. The molecule has 2 aromatic carbocycles. The van der Waals surface area contributed by atoms with Crippen molar-refractivity contribution in [2.75, 3.05) is 27.9 Å². The van der Waals surface area contributed by atoms with Crippen molar-refractivity contribution in [3.05, 3.63) is 52.6 Å². The summed E-state index contributed by atoms with van der Waals surface area (Å²) in [7, 11) is 5.09. The Balaban J connectivity index is 2.07. The third-order valence-electron chi connectivity index (χ3n) is 4.91. The lowest BCUT2D eigenvalue weighted by molar-refractivity contribution is 0.353. The van der Waals surface area contributed by atoms with E-state index in [1.165, 1.54) is 22.3 Å². The molecule has 0 bridgehead atoms. The third-order valence-corrected chi connectivity index (χ3v) is 4.91. The van der Waals surface area contributed by atoms with Crippen molar-refractivity contribution < 1.29 is 14.2 Å². The highest BCUT2D eigenvalue weighted by molar-refractivity contribution is 5.52. The molecule has 0 fully saturated rings. The minimum Gasteiger partial charge on any atom is -0.496 e. The highest BCUT2D eigenvalue weighted by Gasteiger charge is 2.25. The first-order valence-corrected chi connectivity index (χ1v) is 8.75. The van der Waals surface area contributed by atoms with Crippen LogP contribution in [0, 0.1) is 0 Å². The lowest BCUT2D eigenvalue weighted by atomic mass is 9.87. The SMILES string of the molecule is COc1cc2c(cc1OC)C(c1ccc(OC)c(C(C)C)c1)NCC2. The van der Waals surface area contributed by atoms with Crippen LogP contribution in [0.25, 0.3) is 0 Å². The molecule has 1 unspecified atom stereocenters. The Morgan fingerprint density at radius 1 is 0.920 bits per heavy atom. The van der Waals surface area contributed by atoms with Gasteiger partial charge in [-0.1, -0.05) is 19.9 Å². The maximum Gasteiger partial charge on any atom is 0.161 e. The van der Waals surface area contributed by atoms with Crippen LogP contribution in [0.2, 0.25) is 0 Å². The normalized spacial score (nSPS) is 16.5. The van der Waals surface area contributed by atoms with Crippen molar-refractivity contribution in [1.82, 2.24) is 5.32 Å². The molecule has 2 aromatic rings. The predicted octanol–water partition coefficient (Wildman–Crippen LogP) is 4.07. The Bertz CT molecular complexity index is 755. The zero-order valence-electron chi connectivity index (χ0n) is 15.7. The molecule has 3 rings (SSSR count). The smallest absolute Gasteiger partial charge is 0.161 e. The summed E-state index contributed by atoms with van der Waals surface area (Å²) in [5.41, 5.74) is 5.04. The Kier molecular flexibility index (Phi) is 5.19. The van der Waals surface area contributed by atoms with Crippen LogP contribution in [0.1, 0.15) is 48.1 Å². The standard InChI is InChI=1S/C21H27NO3/c1-13(2)16-10-15(6-7-18(16)23-3)21-17-12-20(25-5)19(24-4)11-14(17)8-9-22-21/h6-7,10-13,21-22H,8-9H2,1-5H3. The molecule has 1 N–H and O–H groups in total. The van der Waals surface area contributed by atoms with Crippen LogP contribution in [0.5, 0.6) is 17.2 Å². The van der Waals surface area contributed by atoms with Gasteiger partial charge >= 0.3 is 0 Å². The maximum atomic E-state index is 5.53. The van der Waals surface area contributed by atoms with Crippen molar-refractivity contribution in [3.63, 3.8) is 0 Å². The quantitative estimate of drug-likeness (QED) is 0.890. The molecule has 25 heavy (non-hydrogen) atoms. The molecule has 0 amide bonds. The van der Waals surface area contributed by atoms with Crippen molar-refractivity contribution in [3.8, 4) is 17.2 Å². The van der Waals surface area contributed by atoms with Gasteiger partial charge in [-0.05, 0) is 58.9 Å². The molecule has 4 heteroatoms. The molecular formula is C21H27NO3. The van der Waals surface area contributed by atoms with E-state index < -0.39 is 0 Å². The van der Waals surface area contributed by atoms with E-state index in [1.807, 2.05) is 0 Å². The summed E-state index contributed by atoms with van der Waals surface area (Å²) in [4.78, 5) is 0. The molecule has 0 radical (unpaired) electrons. The van der Waals surface area contributed by atoms with Gasteiger partial charge in [0.25, 0.3) is 0 Å².